The second-order valence-corrected chi connectivity index (χ2v) is 7.86. The Balaban J connectivity index is 1.47. The zero-order valence-corrected chi connectivity index (χ0v) is 16.3. The molecule has 0 unspecified atom stereocenters. The molecular weight excluding hydrogens is 338 g/mol. The summed E-state index contributed by atoms with van der Waals surface area (Å²) >= 11 is 0. The van der Waals surface area contributed by atoms with E-state index < -0.39 is 11.6 Å². The lowest BCUT2D eigenvalue weighted by Crippen LogP contribution is -2.13. The Hall–Kier alpha value is -1.96. The van der Waals surface area contributed by atoms with E-state index in [2.05, 4.69) is 31.2 Å². The van der Waals surface area contributed by atoms with Crippen molar-refractivity contribution in [3.8, 4) is 11.1 Å². The molecule has 0 bridgehead atoms. The second-order valence-electron chi connectivity index (χ2n) is 7.86. The van der Waals surface area contributed by atoms with Gasteiger partial charge < -0.3 is 0 Å². The van der Waals surface area contributed by atoms with Crippen LogP contribution in [-0.4, -0.2) is 0 Å². The molecule has 1 aliphatic carbocycles. The summed E-state index contributed by atoms with van der Waals surface area (Å²) in [6.07, 6.45) is 14.9. The van der Waals surface area contributed by atoms with Crippen LogP contribution in [0.5, 0.6) is 0 Å². The van der Waals surface area contributed by atoms with Crippen LogP contribution in [0.3, 0.4) is 0 Å². The van der Waals surface area contributed by atoms with Gasteiger partial charge in [0, 0.05) is 0 Å². The Morgan fingerprint density at radius 1 is 0.889 bits per heavy atom. The molecule has 0 radical (unpaired) electrons. The van der Waals surface area contributed by atoms with E-state index in [0.29, 0.717) is 0 Å². The predicted octanol–water partition coefficient (Wildman–Crippen LogP) is 7.73. The number of hydrogen-bond acceptors (Lipinski definition) is 0. The number of halogens is 2. The minimum Gasteiger partial charge on any atom is -0.204 e. The second kappa shape index (κ2) is 9.82. The average molecular weight is 369 g/mol. The number of aryl methyl sites for hydroxylation is 1. The van der Waals surface area contributed by atoms with Crippen molar-refractivity contribution in [2.75, 3.05) is 0 Å². The molecule has 0 nitrogen and oxygen atoms in total. The summed E-state index contributed by atoms with van der Waals surface area (Å²) in [5.74, 6) is 0.0394. The average Bonchev–Trinajstić information content (AvgIpc) is 2.70. The van der Waals surface area contributed by atoms with Crippen LogP contribution in [0.2, 0.25) is 0 Å². The van der Waals surface area contributed by atoms with Crippen LogP contribution in [-0.2, 0) is 6.42 Å². The SMILES string of the molecule is CCC/C=C/[C@H]1CC[C@H](CCc2ccc(-c3ccc(F)c(F)c3)cc2)CC1. The normalized spacial score (nSPS) is 20.3. The van der Waals surface area contributed by atoms with E-state index in [4.69, 9.17) is 0 Å². The lowest BCUT2D eigenvalue weighted by Gasteiger charge is -2.26. The van der Waals surface area contributed by atoms with Gasteiger partial charge in [-0.15, -0.1) is 0 Å². The van der Waals surface area contributed by atoms with Crippen molar-refractivity contribution in [3.63, 3.8) is 0 Å². The largest absolute Gasteiger partial charge is 0.204 e. The maximum absolute atomic E-state index is 13.4. The molecule has 2 aromatic carbocycles. The molecule has 0 aliphatic heterocycles. The first-order valence-corrected chi connectivity index (χ1v) is 10.4. The zero-order valence-electron chi connectivity index (χ0n) is 16.3. The van der Waals surface area contributed by atoms with Crippen molar-refractivity contribution in [1.82, 2.24) is 0 Å². The first-order chi connectivity index (χ1) is 13.2. The van der Waals surface area contributed by atoms with Crippen molar-refractivity contribution in [1.29, 1.82) is 0 Å². The summed E-state index contributed by atoms with van der Waals surface area (Å²) in [6, 6.07) is 12.3. The maximum Gasteiger partial charge on any atom is 0.159 e. The van der Waals surface area contributed by atoms with Crippen molar-refractivity contribution >= 4 is 0 Å². The number of benzene rings is 2. The Morgan fingerprint density at radius 3 is 2.26 bits per heavy atom. The van der Waals surface area contributed by atoms with Crippen molar-refractivity contribution in [2.24, 2.45) is 11.8 Å². The summed E-state index contributed by atoms with van der Waals surface area (Å²) in [4.78, 5) is 0. The molecular formula is C25H30F2. The van der Waals surface area contributed by atoms with Gasteiger partial charge in [0.25, 0.3) is 0 Å². The molecule has 0 aromatic heterocycles. The summed E-state index contributed by atoms with van der Waals surface area (Å²) in [6.45, 7) is 2.23. The fourth-order valence-electron chi connectivity index (χ4n) is 4.04. The first kappa shape index (κ1) is 19.8. The molecule has 0 N–H and O–H groups in total. The number of unbranched alkanes of at least 4 members (excludes halogenated alkanes) is 1. The molecule has 0 heterocycles. The van der Waals surface area contributed by atoms with Crippen LogP contribution in [0.4, 0.5) is 8.78 Å². The number of hydrogen-bond donors (Lipinski definition) is 0. The highest BCUT2D eigenvalue weighted by molar-refractivity contribution is 5.63. The standard InChI is InChI=1S/C25H30F2/c1-2-3-4-5-19-6-8-20(9-7-19)10-11-21-12-14-22(15-13-21)23-16-17-24(26)25(27)18-23/h4-5,12-20H,2-3,6-11H2,1H3/b5-4+/t19-,20-. The van der Waals surface area contributed by atoms with Gasteiger partial charge in [-0.1, -0.05) is 55.8 Å². The van der Waals surface area contributed by atoms with Crippen molar-refractivity contribution < 1.29 is 8.78 Å². The minimum atomic E-state index is -0.800. The van der Waals surface area contributed by atoms with Crippen LogP contribution >= 0.6 is 0 Å². The van der Waals surface area contributed by atoms with Gasteiger partial charge in [-0.05, 0) is 85.6 Å². The lowest BCUT2D eigenvalue weighted by atomic mass is 9.79. The fourth-order valence-corrected chi connectivity index (χ4v) is 4.04. The molecule has 0 amide bonds. The molecule has 3 rings (SSSR count). The lowest BCUT2D eigenvalue weighted by molar-refractivity contribution is 0.296. The van der Waals surface area contributed by atoms with Gasteiger partial charge in [0.05, 0.1) is 0 Å². The molecule has 2 heteroatoms. The highest BCUT2D eigenvalue weighted by atomic mass is 19.2. The summed E-state index contributed by atoms with van der Waals surface area (Å²) in [5, 5.41) is 0. The third-order valence-electron chi connectivity index (χ3n) is 5.80. The van der Waals surface area contributed by atoms with Crippen molar-refractivity contribution in [3.05, 3.63) is 71.8 Å². The van der Waals surface area contributed by atoms with E-state index in [0.717, 1.165) is 29.4 Å². The molecule has 2 aromatic rings. The van der Waals surface area contributed by atoms with Gasteiger partial charge in [0.1, 0.15) is 0 Å². The molecule has 1 saturated carbocycles. The molecule has 0 spiro atoms. The highest BCUT2D eigenvalue weighted by Crippen LogP contribution is 2.32. The Labute approximate surface area is 162 Å². The van der Waals surface area contributed by atoms with Crippen LogP contribution in [0.15, 0.2) is 54.6 Å². The Kier molecular flexibility index (Phi) is 7.20. The van der Waals surface area contributed by atoms with Crippen LogP contribution in [0, 0.1) is 23.5 Å². The summed E-state index contributed by atoms with van der Waals surface area (Å²) in [7, 11) is 0. The zero-order chi connectivity index (χ0) is 19.1. The van der Waals surface area contributed by atoms with E-state index in [1.807, 2.05) is 12.1 Å². The molecule has 1 fully saturated rings. The molecule has 27 heavy (non-hydrogen) atoms. The van der Waals surface area contributed by atoms with Crippen LogP contribution in [0.25, 0.3) is 11.1 Å². The van der Waals surface area contributed by atoms with E-state index in [1.165, 1.54) is 62.6 Å². The monoisotopic (exact) mass is 368 g/mol. The highest BCUT2D eigenvalue weighted by Gasteiger charge is 2.19. The Bertz CT molecular complexity index is 737. The van der Waals surface area contributed by atoms with Gasteiger partial charge in [0.2, 0.25) is 0 Å². The number of allylic oxidation sites excluding steroid dienone is 2. The third-order valence-corrected chi connectivity index (χ3v) is 5.80. The third kappa shape index (κ3) is 5.76. The molecule has 144 valence electrons. The van der Waals surface area contributed by atoms with Crippen LogP contribution in [0.1, 0.15) is 57.4 Å². The van der Waals surface area contributed by atoms with Gasteiger partial charge in [-0.25, -0.2) is 8.78 Å². The Morgan fingerprint density at radius 2 is 1.59 bits per heavy atom. The van der Waals surface area contributed by atoms with Gasteiger partial charge in [-0.3, -0.25) is 0 Å². The summed E-state index contributed by atoms with van der Waals surface area (Å²) in [5.41, 5.74) is 2.97. The molecule has 1 aliphatic rings. The van der Waals surface area contributed by atoms with Gasteiger partial charge in [-0.2, -0.15) is 0 Å². The first-order valence-electron chi connectivity index (χ1n) is 10.4. The van der Waals surface area contributed by atoms with Gasteiger partial charge >= 0.3 is 0 Å². The van der Waals surface area contributed by atoms with E-state index in [-0.39, 0.29) is 0 Å². The number of rotatable bonds is 7. The minimum absolute atomic E-state index is 0.718. The van der Waals surface area contributed by atoms with E-state index >= 15 is 0 Å². The van der Waals surface area contributed by atoms with Crippen molar-refractivity contribution in [2.45, 2.75) is 58.3 Å². The van der Waals surface area contributed by atoms with Crippen LogP contribution < -0.4 is 0 Å². The molecule has 0 atom stereocenters. The van der Waals surface area contributed by atoms with E-state index in [1.54, 1.807) is 6.07 Å². The summed E-state index contributed by atoms with van der Waals surface area (Å²) < 4.78 is 26.5. The smallest absolute Gasteiger partial charge is 0.159 e. The topological polar surface area (TPSA) is 0 Å². The van der Waals surface area contributed by atoms with Gasteiger partial charge in [0.15, 0.2) is 11.6 Å². The van der Waals surface area contributed by atoms with E-state index in [9.17, 15) is 8.78 Å². The fraction of sp³-hybridized carbons (Fsp3) is 0.440. The quantitative estimate of drug-likeness (QED) is 0.439. The maximum atomic E-state index is 13.4. The molecule has 0 saturated heterocycles. The predicted molar refractivity (Wildman–Crippen MR) is 110 cm³/mol.